The summed E-state index contributed by atoms with van der Waals surface area (Å²) in [5.74, 6) is 0. The van der Waals surface area contributed by atoms with Crippen molar-refractivity contribution < 1.29 is 115 Å². The van der Waals surface area contributed by atoms with E-state index in [1.165, 1.54) is 0 Å². The average molecular weight is 1140 g/mol. The van der Waals surface area contributed by atoms with E-state index in [9.17, 15) is 100 Å². The van der Waals surface area contributed by atoms with Crippen LogP contribution in [0.1, 0.15) is 0 Å². The summed E-state index contributed by atoms with van der Waals surface area (Å²) in [4.78, 5) is 173. The van der Waals surface area contributed by atoms with Crippen LogP contribution in [0.2, 0.25) is 0 Å². The molecule has 39 nitrogen and oxygen atoms in total. The Hall–Kier alpha value is 0.600. The van der Waals surface area contributed by atoms with Gasteiger partial charge >= 0.3 is 0 Å². The lowest BCUT2D eigenvalue weighted by Crippen LogP contribution is -2.46. The van der Waals surface area contributed by atoms with Crippen LogP contribution in [0.25, 0.3) is 0 Å². The van der Waals surface area contributed by atoms with Gasteiger partial charge in [0, 0.05) is 71.7 Å². The first-order valence-electron chi connectivity index (χ1n) is 15.2. The highest BCUT2D eigenvalue weighted by Gasteiger charge is 2.23. The lowest BCUT2D eigenvalue weighted by Gasteiger charge is -2.39. The van der Waals surface area contributed by atoms with Gasteiger partial charge in [0.15, 0.2) is 0 Å². The molecule has 7 unspecified atom stereocenters. The third-order valence-corrected chi connectivity index (χ3v) is 12.7. The Bertz CT molecular complexity index is 1450. The second-order valence-electron chi connectivity index (χ2n) is 12.5. The minimum absolute atomic E-state index is 0. The molecule has 0 aromatic carbocycles. The summed E-state index contributed by atoms with van der Waals surface area (Å²) in [6.07, 6.45) is -10.4. The molecule has 0 heterocycles. The fourth-order valence-electron chi connectivity index (χ4n) is 4.81. The third-order valence-electron chi connectivity index (χ3n) is 6.69. The second kappa shape index (κ2) is 36.5. The Kier molecular flexibility index (Phi) is 49.7. The van der Waals surface area contributed by atoms with Gasteiger partial charge in [-0.1, -0.05) is 7.60 Å². The lowest BCUT2D eigenvalue weighted by molar-refractivity contribution is -0.315. The van der Waals surface area contributed by atoms with Crippen molar-refractivity contribution in [3.05, 3.63) is 0 Å². The topological polar surface area (TPSA) is 834 Å². The van der Waals surface area contributed by atoms with E-state index in [4.69, 9.17) is 14.7 Å². The first kappa shape index (κ1) is 88.6. The van der Waals surface area contributed by atoms with Gasteiger partial charge in [-0.15, -0.1) is 0 Å². The summed E-state index contributed by atoms with van der Waals surface area (Å²) in [5.41, 5.74) is 0. The number of hydrogen-bond donors (Lipinski definition) is 16. The fraction of sp³-hybridized carbons (Fsp3) is 1.00. The van der Waals surface area contributed by atoms with Crippen molar-refractivity contribution in [2.24, 2.45) is 0 Å². The third kappa shape index (κ3) is 58.8. The molecule has 0 saturated heterocycles. The van der Waals surface area contributed by atoms with E-state index >= 15 is 0 Å². The van der Waals surface area contributed by atoms with Gasteiger partial charge in [-0.3, -0.25) is 29.4 Å². The highest BCUT2D eigenvalue weighted by molar-refractivity contribution is 7.52. The highest BCUT2D eigenvalue weighted by atomic mass is 31.2. The first-order valence-corrected chi connectivity index (χ1v) is 29.3. The largest absolute Gasteiger partial charge is 0.810 e. The molecule has 0 aliphatic rings. The van der Waals surface area contributed by atoms with E-state index in [0.29, 0.717) is 9.80 Å². The molecule has 0 bridgehead atoms. The molecule has 0 aliphatic carbocycles. The standard InChI is InChI=1S/C18H52N6O24P8.9H3N/c25-49(26,27)11-19(3-5-21(13-51(31,32)33)7-9-23(15-53(37,38)39)16-54(40,41)42)1-2-20(12-50(28,29)30)4-6-22(14-52(34,35)36)8-10-24(17-55(43,44)45)18-56(46,47)48;;;;;;;;;/h1-18H2,(H2,25,26,27)(H2,28,29,30)(H2,31,32,33)(H2,34,35,36)(H2,37,38,39)(H2,40,41,42)(H2,43,44,45)(H2,46,47,48);9*1H3. The number of quaternary nitrogens is 9. The van der Waals surface area contributed by atoms with Crippen molar-refractivity contribution in [2.75, 3.05) is 116 Å². The molecule has 43 N–H and O–H groups in total. The minimum atomic E-state index is -5.45. The van der Waals surface area contributed by atoms with Crippen molar-refractivity contribution in [3.63, 3.8) is 0 Å². The highest BCUT2D eigenvalue weighted by Crippen LogP contribution is 2.37. The van der Waals surface area contributed by atoms with Gasteiger partial charge in [0.1, 0.15) is 53.2 Å². The quantitative estimate of drug-likeness (QED) is 0.0287. The predicted molar refractivity (Wildman–Crippen MR) is 229 cm³/mol. The van der Waals surface area contributed by atoms with E-state index < -0.39 is 177 Å². The molecule has 0 aromatic heterocycles. The molecule has 0 spiro atoms. The molecular formula is C18H79N15O24P8. The van der Waals surface area contributed by atoms with Crippen LogP contribution in [0.5, 0.6) is 0 Å². The fourth-order valence-corrected chi connectivity index (χ4v) is 11.3. The van der Waals surface area contributed by atoms with E-state index in [-0.39, 0.29) is 55.4 Å². The van der Waals surface area contributed by atoms with Gasteiger partial charge in [-0.05, 0) is 0 Å². The SMILES string of the molecule is O=P([O-])([O-])CN(CCN(CCN(CCN(CCN(CCN(CP(=O)([O-])O)CP(=O)([O-])O)CP(=O)([O-])O)CP(=O)([O-])O)CP(=O)([O-])O)CP(=O)([O-])O)CP(=O)([O-])O.[NH4+].[NH4+].[NH4+].[NH4+].[NH4+].[NH4+].[NH4+].[NH4+].[NH4+]. The van der Waals surface area contributed by atoms with Crippen LogP contribution in [0, 0.1) is 0 Å². The van der Waals surface area contributed by atoms with Gasteiger partial charge in [0.25, 0.3) is 0 Å². The van der Waals surface area contributed by atoms with Gasteiger partial charge in [-0.2, -0.15) is 0 Å². The van der Waals surface area contributed by atoms with Crippen molar-refractivity contribution in [2.45, 2.75) is 0 Å². The summed E-state index contributed by atoms with van der Waals surface area (Å²) in [6, 6.07) is 0. The molecule has 47 heteroatoms. The first-order chi connectivity index (χ1) is 24.7. The summed E-state index contributed by atoms with van der Waals surface area (Å²) in [5, 5.41) is 0. The zero-order valence-corrected chi connectivity index (χ0v) is 45.2. The molecule has 7 atom stereocenters. The predicted octanol–water partition coefficient (Wildman–Crippen LogP) is -6.42. The molecule has 410 valence electrons. The van der Waals surface area contributed by atoms with Gasteiger partial charge in [-0.25, -0.2) is 0 Å². The Morgan fingerprint density at radius 3 is 0.462 bits per heavy atom. The maximum atomic E-state index is 11.8. The van der Waals surface area contributed by atoms with Crippen molar-refractivity contribution in [1.29, 1.82) is 0 Å². The van der Waals surface area contributed by atoms with E-state index in [1.807, 2.05) is 0 Å². The maximum Gasteiger partial charge on any atom is 0.146 e. The average Bonchev–Trinajstić information content (AvgIpc) is 2.87. The summed E-state index contributed by atoms with van der Waals surface area (Å²) in [7, 11) is -41.9. The molecule has 0 rings (SSSR count). The van der Waals surface area contributed by atoms with Gasteiger partial charge in [0.05, 0.1) is 44.0 Å². The normalized spacial score (nSPS) is 17.9. The summed E-state index contributed by atoms with van der Waals surface area (Å²) in [6.45, 7) is -6.18. The summed E-state index contributed by atoms with van der Waals surface area (Å²) < 4.78 is 92.1. The van der Waals surface area contributed by atoms with Crippen molar-refractivity contribution >= 4 is 60.8 Å². The van der Waals surface area contributed by atoms with Crippen LogP contribution in [0.4, 0.5) is 0 Å². The number of rotatable bonds is 31. The van der Waals surface area contributed by atoms with Crippen molar-refractivity contribution in [3.8, 4) is 0 Å². The molecule has 0 fully saturated rings. The molecule has 65 heavy (non-hydrogen) atoms. The second-order valence-corrected chi connectivity index (χ2v) is 24.9. The molecular weight excluding hydrogens is 1060 g/mol. The smallest absolute Gasteiger partial charge is 0.146 e. The molecule has 0 radical (unpaired) electrons. The maximum absolute atomic E-state index is 11.8. The van der Waals surface area contributed by atoms with Crippen molar-refractivity contribution in [1.82, 2.24) is 84.8 Å². The number of nitrogens with zero attached hydrogens (tertiary/aromatic N) is 6. The van der Waals surface area contributed by atoms with Gasteiger partial charge < -0.3 is 170 Å². The zero-order chi connectivity index (χ0) is 44.2. The van der Waals surface area contributed by atoms with E-state index in [1.54, 1.807) is 0 Å². The Morgan fingerprint density at radius 2 is 0.338 bits per heavy atom. The Balaban J connectivity index is -0.000000420. The monoisotopic (exact) mass is 1140 g/mol. The van der Waals surface area contributed by atoms with Crippen LogP contribution in [0.15, 0.2) is 0 Å². The van der Waals surface area contributed by atoms with E-state index in [2.05, 4.69) is 0 Å². The lowest BCUT2D eigenvalue weighted by atomic mass is 10.4. The van der Waals surface area contributed by atoms with Crippen LogP contribution in [-0.2, 0) is 36.5 Å². The zero-order valence-electron chi connectivity index (χ0n) is 38.1. The van der Waals surface area contributed by atoms with Gasteiger partial charge in [0.2, 0.25) is 0 Å². The van der Waals surface area contributed by atoms with Crippen LogP contribution >= 0.6 is 60.8 Å². The molecule has 0 saturated carbocycles. The van der Waals surface area contributed by atoms with Crippen LogP contribution in [-0.4, -0.2) is 179 Å². The Morgan fingerprint density at radius 1 is 0.231 bits per heavy atom. The molecule has 0 aromatic rings. The molecule has 0 aliphatic heterocycles. The minimum Gasteiger partial charge on any atom is -0.810 e. The van der Waals surface area contributed by atoms with Crippen LogP contribution < -0.4 is 99.4 Å². The number of hydrogen-bond acceptors (Lipinski definition) is 23. The van der Waals surface area contributed by atoms with Crippen LogP contribution in [0.3, 0.4) is 0 Å². The Labute approximate surface area is 375 Å². The van der Waals surface area contributed by atoms with E-state index in [0.717, 1.165) is 19.6 Å². The molecule has 0 amide bonds. The summed E-state index contributed by atoms with van der Waals surface area (Å²) >= 11 is 0.